The van der Waals surface area contributed by atoms with Crippen molar-refractivity contribution >= 4 is 5.69 Å². The fraction of sp³-hybridized carbons (Fsp3) is 0.714. The number of rotatable bonds is 4. The van der Waals surface area contributed by atoms with Crippen molar-refractivity contribution in [1.29, 1.82) is 0 Å². The van der Waals surface area contributed by atoms with Crippen LogP contribution in [0.5, 0.6) is 5.75 Å². The number of hydrogen-bond acceptors (Lipinski definition) is 4. The quantitative estimate of drug-likeness (QED) is 0.836. The molecule has 0 aliphatic carbocycles. The van der Waals surface area contributed by atoms with Crippen LogP contribution in [0, 0.1) is 5.92 Å². The molecule has 0 unspecified atom stereocenters. The highest BCUT2D eigenvalue weighted by Crippen LogP contribution is 2.31. The molecule has 0 N–H and O–H groups in total. The van der Waals surface area contributed by atoms with E-state index in [1.54, 1.807) is 7.11 Å². The highest BCUT2D eigenvalue weighted by Gasteiger charge is 2.34. The van der Waals surface area contributed by atoms with Gasteiger partial charge in [0.1, 0.15) is 5.75 Å². The van der Waals surface area contributed by atoms with Gasteiger partial charge in [0.05, 0.1) is 7.11 Å². The van der Waals surface area contributed by atoms with E-state index in [9.17, 15) is 0 Å². The minimum absolute atomic E-state index is 0.877. The molecule has 4 rings (SSSR count). The molecule has 3 aliphatic heterocycles. The van der Waals surface area contributed by atoms with Crippen molar-refractivity contribution in [1.82, 2.24) is 9.80 Å². The average molecular weight is 344 g/mol. The van der Waals surface area contributed by atoms with Crippen molar-refractivity contribution < 1.29 is 4.74 Å². The number of anilines is 1. The number of piperazine rings is 1. The molecule has 0 radical (unpaired) electrons. The van der Waals surface area contributed by atoms with E-state index in [0.717, 1.165) is 30.8 Å². The molecule has 3 aliphatic rings. The molecule has 2 atom stereocenters. The fourth-order valence-electron chi connectivity index (χ4n) is 5.10. The van der Waals surface area contributed by atoms with Gasteiger partial charge >= 0.3 is 0 Å². The molecule has 0 saturated carbocycles. The molecular formula is C21H33N3O. The number of nitrogens with zero attached hydrogens (tertiary/aromatic N) is 3. The molecule has 4 heteroatoms. The second kappa shape index (κ2) is 7.96. The Morgan fingerprint density at radius 1 is 0.880 bits per heavy atom. The predicted molar refractivity (Wildman–Crippen MR) is 104 cm³/mol. The van der Waals surface area contributed by atoms with Crippen molar-refractivity contribution in [3.05, 3.63) is 24.3 Å². The molecule has 138 valence electrons. The summed E-state index contributed by atoms with van der Waals surface area (Å²) in [5.41, 5.74) is 1.33. The SMILES string of the molecule is COc1ccc(N2CCN(C[C@@H]3CCCN4CCCC[C@H]34)CC2)cc1. The second-order valence-electron chi connectivity index (χ2n) is 7.99. The maximum atomic E-state index is 5.27. The summed E-state index contributed by atoms with van der Waals surface area (Å²) in [7, 11) is 1.73. The molecule has 25 heavy (non-hydrogen) atoms. The molecule has 1 aromatic carbocycles. The molecule has 4 nitrogen and oxygen atoms in total. The van der Waals surface area contributed by atoms with Crippen molar-refractivity contribution in [3.8, 4) is 5.75 Å². The van der Waals surface area contributed by atoms with E-state index in [1.165, 1.54) is 70.5 Å². The van der Waals surface area contributed by atoms with E-state index in [0.29, 0.717) is 0 Å². The third-order valence-corrected chi connectivity index (χ3v) is 6.53. The highest BCUT2D eigenvalue weighted by molar-refractivity contribution is 5.49. The van der Waals surface area contributed by atoms with Gasteiger partial charge < -0.3 is 14.5 Å². The van der Waals surface area contributed by atoms with Crippen LogP contribution >= 0.6 is 0 Å². The van der Waals surface area contributed by atoms with Crippen molar-refractivity contribution in [2.45, 2.75) is 38.1 Å². The maximum absolute atomic E-state index is 5.27. The zero-order chi connectivity index (χ0) is 17.1. The monoisotopic (exact) mass is 343 g/mol. The lowest BCUT2D eigenvalue weighted by Gasteiger charge is -2.46. The van der Waals surface area contributed by atoms with Gasteiger partial charge in [0, 0.05) is 44.5 Å². The molecule has 0 spiro atoms. The number of ether oxygens (including phenoxy) is 1. The summed E-state index contributed by atoms with van der Waals surface area (Å²) in [5, 5.41) is 0. The lowest BCUT2D eigenvalue weighted by Crippen LogP contribution is -2.53. The van der Waals surface area contributed by atoms with Gasteiger partial charge in [-0.1, -0.05) is 6.42 Å². The van der Waals surface area contributed by atoms with Crippen LogP contribution in [0.25, 0.3) is 0 Å². The molecule has 3 saturated heterocycles. The van der Waals surface area contributed by atoms with E-state index >= 15 is 0 Å². The first-order chi connectivity index (χ1) is 12.3. The third kappa shape index (κ3) is 3.95. The molecular weight excluding hydrogens is 310 g/mol. The van der Waals surface area contributed by atoms with Crippen LogP contribution in [-0.2, 0) is 0 Å². The Bertz CT molecular complexity index is 537. The lowest BCUT2D eigenvalue weighted by atomic mass is 9.83. The molecule has 0 amide bonds. The molecule has 1 aromatic rings. The smallest absolute Gasteiger partial charge is 0.119 e. The molecule has 0 aromatic heterocycles. The van der Waals surface area contributed by atoms with Crippen LogP contribution in [-0.4, -0.2) is 68.8 Å². The number of hydrogen-bond donors (Lipinski definition) is 0. The lowest BCUT2D eigenvalue weighted by molar-refractivity contribution is 0.0394. The second-order valence-corrected chi connectivity index (χ2v) is 7.99. The van der Waals surface area contributed by atoms with Crippen molar-refractivity contribution in [2.24, 2.45) is 5.92 Å². The van der Waals surface area contributed by atoms with Gasteiger partial charge in [-0.15, -0.1) is 0 Å². The van der Waals surface area contributed by atoms with Crippen molar-refractivity contribution in [2.75, 3.05) is 57.8 Å². The van der Waals surface area contributed by atoms with E-state index in [1.807, 2.05) is 0 Å². The fourth-order valence-corrected chi connectivity index (χ4v) is 5.10. The Hall–Kier alpha value is -1.26. The Labute approximate surface area is 152 Å². The van der Waals surface area contributed by atoms with Gasteiger partial charge in [-0.05, 0) is 69.0 Å². The minimum Gasteiger partial charge on any atom is -0.497 e. The maximum Gasteiger partial charge on any atom is 0.119 e. The van der Waals surface area contributed by atoms with E-state index in [4.69, 9.17) is 4.74 Å². The van der Waals surface area contributed by atoms with Gasteiger partial charge in [0.2, 0.25) is 0 Å². The minimum atomic E-state index is 0.877. The first kappa shape index (κ1) is 17.2. The third-order valence-electron chi connectivity index (χ3n) is 6.53. The summed E-state index contributed by atoms with van der Waals surface area (Å²) in [4.78, 5) is 8.04. The van der Waals surface area contributed by atoms with Gasteiger partial charge in [-0.3, -0.25) is 4.90 Å². The topological polar surface area (TPSA) is 19.0 Å². The van der Waals surface area contributed by atoms with Crippen LogP contribution in [0.1, 0.15) is 32.1 Å². The zero-order valence-electron chi connectivity index (χ0n) is 15.7. The first-order valence-corrected chi connectivity index (χ1v) is 10.2. The number of piperidine rings is 2. The number of benzene rings is 1. The Kier molecular flexibility index (Phi) is 5.47. The normalized spacial score (nSPS) is 28.6. The first-order valence-electron chi connectivity index (χ1n) is 10.2. The largest absolute Gasteiger partial charge is 0.497 e. The van der Waals surface area contributed by atoms with Crippen LogP contribution in [0.15, 0.2) is 24.3 Å². The van der Waals surface area contributed by atoms with Crippen LogP contribution in [0.2, 0.25) is 0 Å². The summed E-state index contributed by atoms with van der Waals surface area (Å²) in [6, 6.07) is 9.40. The Morgan fingerprint density at radius 2 is 1.64 bits per heavy atom. The van der Waals surface area contributed by atoms with Gasteiger partial charge in [-0.25, -0.2) is 0 Å². The highest BCUT2D eigenvalue weighted by atomic mass is 16.5. The number of fused-ring (bicyclic) bond motifs is 1. The number of methoxy groups -OCH3 is 1. The molecule has 3 fully saturated rings. The summed E-state index contributed by atoms with van der Waals surface area (Å²) < 4.78 is 5.27. The summed E-state index contributed by atoms with van der Waals surface area (Å²) in [6.07, 6.45) is 7.16. The van der Waals surface area contributed by atoms with Gasteiger partial charge in [0.25, 0.3) is 0 Å². The molecule has 0 bridgehead atoms. The van der Waals surface area contributed by atoms with Crippen LogP contribution in [0.4, 0.5) is 5.69 Å². The van der Waals surface area contributed by atoms with Crippen LogP contribution in [0.3, 0.4) is 0 Å². The summed E-state index contributed by atoms with van der Waals surface area (Å²) in [5.74, 6) is 1.85. The standard InChI is InChI=1S/C21H33N3O/c1-25-20-9-7-19(8-10-20)23-15-13-22(14-16-23)17-18-5-4-12-24-11-3-2-6-21(18)24/h7-10,18,21H,2-6,11-17H2,1H3/t18-,21+/m0/s1. The Morgan fingerprint density at radius 3 is 2.40 bits per heavy atom. The van der Waals surface area contributed by atoms with Crippen molar-refractivity contribution in [3.63, 3.8) is 0 Å². The van der Waals surface area contributed by atoms with E-state index < -0.39 is 0 Å². The average Bonchev–Trinajstić information content (AvgIpc) is 2.69. The predicted octanol–water partition coefficient (Wildman–Crippen LogP) is 3.08. The van der Waals surface area contributed by atoms with Crippen LogP contribution < -0.4 is 9.64 Å². The molecule has 3 heterocycles. The van der Waals surface area contributed by atoms with Gasteiger partial charge in [-0.2, -0.15) is 0 Å². The Balaban J connectivity index is 1.29. The summed E-state index contributed by atoms with van der Waals surface area (Å²) in [6.45, 7) is 8.72. The van der Waals surface area contributed by atoms with Gasteiger partial charge in [0.15, 0.2) is 0 Å². The zero-order valence-corrected chi connectivity index (χ0v) is 15.7. The van der Waals surface area contributed by atoms with E-state index in [-0.39, 0.29) is 0 Å². The summed E-state index contributed by atoms with van der Waals surface area (Å²) >= 11 is 0. The van der Waals surface area contributed by atoms with E-state index in [2.05, 4.69) is 39.0 Å².